The first-order valence-corrected chi connectivity index (χ1v) is 10.8. The minimum atomic E-state index is -0.411. The predicted molar refractivity (Wildman–Crippen MR) is 111 cm³/mol. The molecule has 0 radical (unpaired) electrons. The average molecular weight is 400 g/mol. The summed E-state index contributed by atoms with van der Waals surface area (Å²) in [6.07, 6.45) is 4.63. The molecule has 3 saturated heterocycles. The summed E-state index contributed by atoms with van der Waals surface area (Å²) in [4.78, 5) is 38.7. The maximum Gasteiger partial charge on any atom is 0.319 e. The summed E-state index contributed by atoms with van der Waals surface area (Å²) in [6.45, 7) is 7.63. The minimum absolute atomic E-state index is 0.0277. The maximum absolute atomic E-state index is 13.5. The number of rotatable bonds is 3. The number of pyridine rings is 1. The zero-order valence-corrected chi connectivity index (χ0v) is 17.9. The number of hydrogen-bond acceptors (Lipinski definition) is 4. The lowest BCUT2D eigenvalue weighted by atomic mass is 9.60. The summed E-state index contributed by atoms with van der Waals surface area (Å²) < 4.78 is 0. The van der Waals surface area contributed by atoms with Crippen molar-refractivity contribution in [2.75, 3.05) is 53.4 Å². The first-order chi connectivity index (χ1) is 13.9. The highest BCUT2D eigenvalue weighted by Gasteiger charge is 2.65. The molecule has 1 aromatic heterocycles. The Morgan fingerprint density at radius 1 is 1.14 bits per heavy atom. The van der Waals surface area contributed by atoms with Gasteiger partial charge < -0.3 is 14.7 Å². The second-order valence-electron chi connectivity index (χ2n) is 9.13. The number of piperidine rings is 1. The molecule has 29 heavy (non-hydrogen) atoms. The zero-order chi connectivity index (χ0) is 20.6. The largest absolute Gasteiger partial charge is 0.342 e. The third-order valence-electron chi connectivity index (χ3n) is 7.43. The Labute approximate surface area is 173 Å². The van der Waals surface area contributed by atoms with Crippen LogP contribution in [-0.4, -0.2) is 89.9 Å². The second kappa shape index (κ2) is 7.59. The summed E-state index contributed by atoms with van der Waals surface area (Å²) in [7, 11) is 3.59. The van der Waals surface area contributed by atoms with Crippen molar-refractivity contribution in [2.45, 2.75) is 32.7 Å². The van der Waals surface area contributed by atoms with E-state index in [1.165, 1.54) is 0 Å². The van der Waals surface area contributed by atoms with Crippen molar-refractivity contribution in [1.82, 2.24) is 24.6 Å². The number of fused-ring (bicyclic) bond motifs is 1. The van der Waals surface area contributed by atoms with E-state index >= 15 is 0 Å². The van der Waals surface area contributed by atoms with Crippen LogP contribution in [0.2, 0.25) is 0 Å². The first-order valence-electron chi connectivity index (χ1n) is 10.8. The van der Waals surface area contributed by atoms with Crippen LogP contribution in [0.1, 0.15) is 31.9 Å². The third kappa shape index (κ3) is 3.29. The molecule has 3 fully saturated rings. The molecule has 3 amide bonds. The molecule has 7 nitrogen and oxygen atoms in total. The van der Waals surface area contributed by atoms with Crippen molar-refractivity contribution >= 4 is 11.9 Å². The number of hydrogen-bond donors (Lipinski definition) is 0. The average Bonchev–Trinajstić information content (AvgIpc) is 3.22. The van der Waals surface area contributed by atoms with Gasteiger partial charge in [0, 0.05) is 58.4 Å². The van der Waals surface area contributed by atoms with E-state index in [0.29, 0.717) is 13.1 Å². The second-order valence-corrected chi connectivity index (χ2v) is 9.13. The number of nitrogens with zero attached hydrogens (tertiary/aromatic N) is 5. The number of aromatic nitrogens is 1. The van der Waals surface area contributed by atoms with Gasteiger partial charge in [0.2, 0.25) is 5.91 Å². The smallest absolute Gasteiger partial charge is 0.319 e. The Kier molecular flexibility index (Phi) is 5.27. The lowest BCUT2D eigenvalue weighted by Crippen LogP contribution is -2.52. The van der Waals surface area contributed by atoms with Gasteiger partial charge in [-0.3, -0.25) is 14.7 Å². The summed E-state index contributed by atoms with van der Waals surface area (Å²) in [5, 5.41) is 0. The summed E-state index contributed by atoms with van der Waals surface area (Å²) >= 11 is 0. The van der Waals surface area contributed by atoms with Crippen molar-refractivity contribution in [2.24, 2.45) is 10.8 Å². The van der Waals surface area contributed by atoms with Crippen molar-refractivity contribution in [3.63, 3.8) is 0 Å². The minimum Gasteiger partial charge on any atom is -0.342 e. The predicted octanol–water partition coefficient (Wildman–Crippen LogP) is 1.90. The van der Waals surface area contributed by atoms with Crippen LogP contribution in [0.3, 0.4) is 0 Å². The van der Waals surface area contributed by atoms with Gasteiger partial charge in [0.05, 0.1) is 11.1 Å². The molecule has 1 aromatic rings. The molecule has 0 N–H and O–H groups in total. The molecule has 158 valence electrons. The first kappa shape index (κ1) is 20.1. The Balaban J connectivity index is 1.55. The molecular formula is C22H33N5O2. The van der Waals surface area contributed by atoms with Crippen molar-refractivity contribution < 1.29 is 9.59 Å². The van der Waals surface area contributed by atoms with Crippen LogP contribution < -0.4 is 0 Å². The molecule has 3 aliphatic heterocycles. The van der Waals surface area contributed by atoms with E-state index in [9.17, 15) is 9.59 Å². The lowest BCUT2D eigenvalue weighted by Gasteiger charge is -2.46. The standard InChI is InChI=1S/C22H33N5O2/c1-4-26-14-10-22(19(26)28)17-27(20(29)24(2)3)16-21(22)8-12-25(13-9-21)15-18-7-5-6-11-23-18/h5-7,11H,4,8-10,12-17H2,1-3H3/t22-/m1/s1. The molecule has 4 heterocycles. The molecule has 2 spiro atoms. The van der Waals surface area contributed by atoms with Crippen LogP contribution in [0, 0.1) is 10.8 Å². The van der Waals surface area contributed by atoms with Crippen molar-refractivity contribution in [3.05, 3.63) is 30.1 Å². The molecule has 1 atom stereocenters. The fraction of sp³-hybridized carbons (Fsp3) is 0.682. The molecule has 7 heteroatoms. The van der Waals surface area contributed by atoms with Crippen molar-refractivity contribution in [3.8, 4) is 0 Å². The molecule has 4 rings (SSSR count). The third-order valence-corrected chi connectivity index (χ3v) is 7.43. The van der Waals surface area contributed by atoms with Gasteiger partial charge in [-0.1, -0.05) is 6.07 Å². The SMILES string of the molecule is CCN1CC[C@@]2(CN(C(=O)N(C)C)CC23CCN(Cc2ccccn2)CC3)C1=O. The van der Waals surface area contributed by atoms with E-state index in [1.54, 1.807) is 19.0 Å². The van der Waals surface area contributed by atoms with E-state index < -0.39 is 5.41 Å². The highest BCUT2D eigenvalue weighted by atomic mass is 16.2. The van der Waals surface area contributed by atoms with Gasteiger partial charge >= 0.3 is 6.03 Å². The Hall–Kier alpha value is -2.15. The fourth-order valence-corrected chi connectivity index (χ4v) is 5.76. The summed E-state index contributed by atoms with van der Waals surface area (Å²) in [5.41, 5.74) is 0.564. The van der Waals surface area contributed by atoms with Gasteiger partial charge in [-0.15, -0.1) is 0 Å². The maximum atomic E-state index is 13.5. The van der Waals surface area contributed by atoms with Crippen LogP contribution in [0.5, 0.6) is 0 Å². The number of urea groups is 1. The van der Waals surface area contributed by atoms with Crippen LogP contribution >= 0.6 is 0 Å². The molecule has 0 saturated carbocycles. The van der Waals surface area contributed by atoms with Crippen molar-refractivity contribution in [1.29, 1.82) is 0 Å². The topological polar surface area (TPSA) is 60.0 Å². The monoisotopic (exact) mass is 399 g/mol. The van der Waals surface area contributed by atoms with E-state index in [0.717, 1.165) is 57.7 Å². The van der Waals surface area contributed by atoms with Gasteiger partial charge in [-0.2, -0.15) is 0 Å². The van der Waals surface area contributed by atoms with E-state index in [1.807, 2.05) is 28.1 Å². The molecular weight excluding hydrogens is 366 g/mol. The van der Waals surface area contributed by atoms with Gasteiger partial charge in [-0.25, -0.2) is 4.79 Å². The fourth-order valence-electron chi connectivity index (χ4n) is 5.76. The lowest BCUT2D eigenvalue weighted by molar-refractivity contribution is -0.142. The number of carbonyl (C=O) groups is 2. The summed E-state index contributed by atoms with van der Waals surface area (Å²) in [6, 6.07) is 6.07. The van der Waals surface area contributed by atoms with E-state index in [2.05, 4.69) is 22.9 Å². The van der Waals surface area contributed by atoms with Gasteiger partial charge in [0.1, 0.15) is 0 Å². The Morgan fingerprint density at radius 3 is 2.48 bits per heavy atom. The molecule has 0 aromatic carbocycles. The van der Waals surface area contributed by atoms with Crippen LogP contribution in [0.15, 0.2) is 24.4 Å². The van der Waals surface area contributed by atoms with Gasteiger partial charge in [-0.05, 0) is 51.4 Å². The van der Waals surface area contributed by atoms with Gasteiger partial charge in [0.15, 0.2) is 0 Å². The molecule has 0 bridgehead atoms. The molecule has 3 aliphatic rings. The van der Waals surface area contributed by atoms with Crippen LogP contribution in [-0.2, 0) is 11.3 Å². The highest BCUT2D eigenvalue weighted by molar-refractivity contribution is 5.88. The zero-order valence-electron chi connectivity index (χ0n) is 17.9. The van der Waals surface area contributed by atoms with Crippen LogP contribution in [0.4, 0.5) is 4.79 Å². The Morgan fingerprint density at radius 2 is 1.90 bits per heavy atom. The van der Waals surface area contributed by atoms with Gasteiger partial charge in [0.25, 0.3) is 0 Å². The van der Waals surface area contributed by atoms with E-state index in [-0.39, 0.29) is 17.4 Å². The Bertz CT molecular complexity index is 760. The number of carbonyl (C=O) groups excluding carboxylic acids is 2. The van der Waals surface area contributed by atoms with E-state index in [4.69, 9.17) is 0 Å². The highest BCUT2D eigenvalue weighted by Crippen LogP contribution is 2.58. The molecule has 0 aliphatic carbocycles. The molecule has 0 unspecified atom stereocenters. The summed E-state index contributed by atoms with van der Waals surface area (Å²) in [5.74, 6) is 0.271. The van der Waals surface area contributed by atoms with Crippen LogP contribution in [0.25, 0.3) is 0 Å². The quantitative estimate of drug-likeness (QED) is 0.779. The number of likely N-dealkylation sites (tertiary alicyclic amines) is 3. The normalized spacial score (nSPS) is 26.7. The number of amides is 3.